The minimum Gasteiger partial charge on any atom is -0.361 e. The van der Waals surface area contributed by atoms with Gasteiger partial charge in [0.1, 0.15) is 5.82 Å². The maximum atomic E-state index is 13.4. The third-order valence-corrected chi connectivity index (χ3v) is 5.73. The van der Waals surface area contributed by atoms with Crippen molar-refractivity contribution in [2.45, 2.75) is 25.7 Å². The van der Waals surface area contributed by atoms with Crippen molar-refractivity contribution in [3.05, 3.63) is 64.6 Å². The molecule has 1 aliphatic heterocycles. The van der Waals surface area contributed by atoms with Crippen LogP contribution < -0.4 is 5.32 Å². The number of fused-ring (bicyclic) bond motifs is 1. The topological polar surface area (TPSA) is 48.1 Å². The second-order valence-corrected chi connectivity index (χ2v) is 7.50. The molecule has 0 bridgehead atoms. The summed E-state index contributed by atoms with van der Waals surface area (Å²) in [5, 5.41) is 4.62. The highest BCUT2D eigenvalue weighted by Crippen LogP contribution is 2.33. The molecule has 6 heteroatoms. The Balaban J connectivity index is 1.40. The molecule has 2 amide bonds. The lowest BCUT2D eigenvalue weighted by atomic mass is 9.89. The first-order valence-corrected chi connectivity index (χ1v) is 9.47. The van der Waals surface area contributed by atoms with Gasteiger partial charge in [0.2, 0.25) is 0 Å². The van der Waals surface area contributed by atoms with Crippen molar-refractivity contribution >= 4 is 34.2 Å². The van der Waals surface area contributed by atoms with E-state index in [1.54, 1.807) is 6.07 Å². The van der Waals surface area contributed by atoms with Crippen LogP contribution in [0.2, 0.25) is 5.02 Å². The van der Waals surface area contributed by atoms with Crippen molar-refractivity contribution < 1.29 is 9.18 Å². The van der Waals surface area contributed by atoms with Crippen LogP contribution in [-0.2, 0) is 0 Å². The molecule has 3 aromatic rings. The standard InChI is InChI=1S/C21H21ClFN3O/c1-13-2-4-16(11-19(13)22)25-21(27)26-8-6-14(7-9-26)18-12-24-20-10-15(23)3-5-17(18)20/h2-5,10-12,14,24H,6-9H2,1H3,(H,25,27). The lowest BCUT2D eigenvalue weighted by Gasteiger charge is -2.32. The monoisotopic (exact) mass is 385 g/mol. The minimum atomic E-state index is -0.237. The predicted molar refractivity (Wildman–Crippen MR) is 107 cm³/mol. The number of aryl methyl sites for hydroxylation is 1. The molecule has 27 heavy (non-hydrogen) atoms. The van der Waals surface area contributed by atoms with Gasteiger partial charge in [-0.25, -0.2) is 9.18 Å². The molecule has 140 valence electrons. The summed E-state index contributed by atoms with van der Waals surface area (Å²) < 4.78 is 13.4. The highest BCUT2D eigenvalue weighted by atomic mass is 35.5. The molecule has 0 unspecified atom stereocenters. The van der Waals surface area contributed by atoms with Crippen LogP contribution >= 0.6 is 11.6 Å². The number of piperidine rings is 1. The third kappa shape index (κ3) is 3.65. The van der Waals surface area contributed by atoms with E-state index < -0.39 is 0 Å². The number of benzene rings is 2. The first kappa shape index (κ1) is 17.9. The molecule has 1 aromatic heterocycles. The highest BCUT2D eigenvalue weighted by Gasteiger charge is 2.25. The highest BCUT2D eigenvalue weighted by molar-refractivity contribution is 6.31. The third-order valence-electron chi connectivity index (χ3n) is 5.32. The van der Waals surface area contributed by atoms with Crippen molar-refractivity contribution in [1.29, 1.82) is 0 Å². The van der Waals surface area contributed by atoms with Crippen LogP contribution in [0.4, 0.5) is 14.9 Å². The fourth-order valence-electron chi connectivity index (χ4n) is 3.73. The van der Waals surface area contributed by atoms with Gasteiger partial charge in [0.05, 0.1) is 0 Å². The van der Waals surface area contributed by atoms with E-state index in [0.717, 1.165) is 29.3 Å². The van der Waals surface area contributed by atoms with Crippen LogP contribution in [-0.4, -0.2) is 29.0 Å². The summed E-state index contributed by atoms with van der Waals surface area (Å²) in [7, 11) is 0. The maximum Gasteiger partial charge on any atom is 0.321 e. The maximum absolute atomic E-state index is 13.4. The molecule has 2 N–H and O–H groups in total. The van der Waals surface area contributed by atoms with Gasteiger partial charge in [-0.3, -0.25) is 0 Å². The zero-order valence-electron chi connectivity index (χ0n) is 15.1. The van der Waals surface area contributed by atoms with Crippen LogP contribution in [0.3, 0.4) is 0 Å². The average Bonchev–Trinajstić information content (AvgIpc) is 3.08. The number of amides is 2. The van der Waals surface area contributed by atoms with E-state index >= 15 is 0 Å². The summed E-state index contributed by atoms with van der Waals surface area (Å²) in [6.07, 6.45) is 3.73. The Labute approximate surface area is 162 Å². The molecule has 0 spiro atoms. The van der Waals surface area contributed by atoms with E-state index in [1.807, 2.05) is 36.2 Å². The SMILES string of the molecule is Cc1ccc(NC(=O)N2CCC(c3c[nH]c4cc(F)ccc34)CC2)cc1Cl. The van der Waals surface area contributed by atoms with Gasteiger partial charge in [-0.2, -0.15) is 0 Å². The Kier molecular flexibility index (Phi) is 4.79. The molecule has 1 aliphatic rings. The predicted octanol–water partition coefficient (Wildman–Crippen LogP) is 5.68. The lowest BCUT2D eigenvalue weighted by Crippen LogP contribution is -2.40. The number of likely N-dealkylation sites (tertiary alicyclic amines) is 1. The molecule has 1 saturated heterocycles. The minimum absolute atomic E-state index is 0.102. The molecule has 4 nitrogen and oxygen atoms in total. The molecule has 2 aromatic carbocycles. The number of anilines is 1. The molecule has 1 fully saturated rings. The normalized spacial score (nSPS) is 15.3. The molecular formula is C21H21ClFN3O. The number of hydrogen-bond donors (Lipinski definition) is 2. The van der Waals surface area contributed by atoms with Gasteiger partial charge in [0.15, 0.2) is 0 Å². The number of carbonyl (C=O) groups excluding carboxylic acids is 1. The van der Waals surface area contributed by atoms with Crippen molar-refractivity contribution in [2.75, 3.05) is 18.4 Å². The molecule has 0 radical (unpaired) electrons. The largest absolute Gasteiger partial charge is 0.361 e. The van der Waals surface area contributed by atoms with Gasteiger partial charge in [-0.1, -0.05) is 17.7 Å². The van der Waals surface area contributed by atoms with E-state index in [4.69, 9.17) is 11.6 Å². The van der Waals surface area contributed by atoms with E-state index in [1.165, 1.54) is 17.7 Å². The average molecular weight is 386 g/mol. The van der Waals surface area contributed by atoms with Gasteiger partial charge < -0.3 is 15.2 Å². The first-order valence-electron chi connectivity index (χ1n) is 9.10. The Morgan fingerprint density at radius 1 is 1.22 bits per heavy atom. The summed E-state index contributed by atoms with van der Waals surface area (Å²) in [4.78, 5) is 17.5. The summed E-state index contributed by atoms with van der Waals surface area (Å²) in [6.45, 7) is 3.30. The van der Waals surface area contributed by atoms with Crippen molar-refractivity contribution in [3.63, 3.8) is 0 Å². The van der Waals surface area contributed by atoms with Gasteiger partial charge in [0, 0.05) is 40.9 Å². The number of nitrogens with one attached hydrogen (secondary N) is 2. The quantitative estimate of drug-likeness (QED) is 0.585. The number of urea groups is 1. The van der Waals surface area contributed by atoms with Gasteiger partial charge in [-0.15, -0.1) is 0 Å². The van der Waals surface area contributed by atoms with Crippen LogP contribution in [0.1, 0.15) is 29.9 Å². The first-order chi connectivity index (χ1) is 13.0. The number of carbonyl (C=O) groups is 1. The summed E-state index contributed by atoms with van der Waals surface area (Å²) in [5.74, 6) is 0.126. The zero-order chi connectivity index (χ0) is 19.0. The molecule has 4 rings (SSSR count). The number of nitrogens with zero attached hydrogens (tertiary/aromatic N) is 1. The van der Waals surface area contributed by atoms with Crippen LogP contribution in [0.25, 0.3) is 10.9 Å². The number of rotatable bonds is 2. The number of H-pyrrole nitrogens is 1. The van der Waals surface area contributed by atoms with Crippen LogP contribution in [0.15, 0.2) is 42.6 Å². The fourth-order valence-corrected chi connectivity index (χ4v) is 3.91. The molecule has 0 aliphatic carbocycles. The molecular weight excluding hydrogens is 365 g/mol. The Bertz CT molecular complexity index is 992. The van der Waals surface area contributed by atoms with Crippen molar-refractivity contribution in [1.82, 2.24) is 9.88 Å². The fraction of sp³-hybridized carbons (Fsp3) is 0.286. The number of halogens is 2. The summed E-state index contributed by atoms with van der Waals surface area (Å²) >= 11 is 6.13. The van der Waals surface area contributed by atoms with Gasteiger partial charge in [-0.05, 0) is 67.1 Å². The van der Waals surface area contributed by atoms with E-state index in [2.05, 4.69) is 10.3 Å². The summed E-state index contributed by atoms with van der Waals surface area (Å²) in [6, 6.07) is 10.3. The number of hydrogen-bond acceptors (Lipinski definition) is 1. The van der Waals surface area contributed by atoms with E-state index in [9.17, 15) is 9.18 Å². The summed E-state index contributed by atoms with van der Waals surface area (Å²) in [5.41, 5.74) is 3.71. The van der Waals surface area contributed by atoms with Gasteiger partial charge >= 0.3 is 6.03 Å². The second-order valence-electron chi connectivity index (χ2n) is 7.09. The van der Waals surface area contributed by atoms with Crippen molar-refractivity contribution in [3.8, 4) is 0 Å². The second kappa shape index (κ2) is 7.24. The Hall–Kier alpha value is -2.53. The lowest BCUT2D eigenvalue weighted by molar-refractivity contribution is 0.195. The number of aromatic nitrogens is 1. The Morgan fingerprint density at radius 2 is 2.00 bits per heavy atom. The zero-order valence-corrected chi connectivity index (χ0v) is 15.8. The molecule has 2 heterocycles. The molecule has 0 saturated carbocycles. The van der Waals surface area contributed by atoms with E-state index in [0.29, 0.717) is 29.7 Å². The smallest absolute Gasteiger partial charge is 0.321 e. The van der Waals surface area contributed by atoms with E-state index in [-0.39, 0.29) is 11.8 Å². The Morgan fingerprint density at radius 3 is 2.74 bits per heavy atom. The van der Waals surface area contributed by atoms with Crippen molar-refractivity contribution in [2.24, 2.45) is 0 Å². The molecule has 0 atom stereocenters. The number of aromatic amines is 1. The van der Waals surface area contributed by atoms with Gasteiger partial charge in [0.25, 0.3) is 0 Å². The van der Waals surface area contributed by atoms with Crippen LogP contribution in [0.5, 0.6) is 0 Å². The van der Waals surface area contributed by atoms with Crippen LogP contribution in [0, 0.1) is 12.7 Å².